The van der Waals surface area contributed by atoms with Crippen LogP contribution >= 0.6 is 17.0 Å². The van der Waals surface area contributed by atoms with Crippen LogP contribution in [0.2, 0.25) is 0 Å². The molecule has 0 aliphatic heterocycles. The Balaban J connectivity index is 0.000000980. The summed E-state index contributed by atoms with van der Waals surface area (Å²) in [4.78, 5) is 4.00. The lowest BCUT2D eigenvalue weighted by Crippen LogP contribution is -1.97. The number of pyridine rings is 1. The molecule has 2 aromatic rings. The maximum atomic E-state index is 9.52. The summed E-state index contributed by atoms with van der Waals surface area (Å²) in [6.07, 6.45) is 3.37. The van der Waals surface area contributed by atoms with E-state index in [9.17, 15) is 5.11 Å². The number of rotatable bonds is 1. The van der Waals surface area contributed by atoms with Crippen LogP contribution in [-0.4, -0.2) is 10.1 Å². The van der Waals surface area contributed by atoms with Gasteiger partial charge in [0.25, 0.3) is 0 Å². The molecular weight excluding hydrogens is 244 g/mol. The van der Waals surface area contributed by atoms with E-state index in [1.165, 1.54) is 0 Å². The third-order valence-corrected chi connectivity index (χ3v) is 2.11. The zero-order valence-electron chi connectivity index (χ0n) is 7.47. The molecule has 1 aromatic carbocycles. The molecule has 0 aliphatic carbocycles. The van der Waals surface area contributed by atoms with Crippen molar-refractivity contribution >= 4 is 27.8 Å². The first-order chi connectivity index (χ1) is 6.33. The molecule has 4 heteroatoms. The van der Waals surface area contributed by atoms with E-state index in [0.29, 0.717) is 6.54 Å². The highest BCUT2D eigenvalue weighted by Gasteiger charge is 2.02. The van der Waals surface area contributed by atoms with Crippen molar-refractivity contribution in [1.82, 2.24) is 4.98 Å². The van der Waals surface area contributed by atoms with Crippen molar-refractivity contribution in [2.75, 3.05) is 0 Å². The molecule has 1 aromatic heterocycles. The predicted octanol–water partition coefficient (Wildman–Crippen LogP) is 1.98. The smallest absolute Gasteiger partial charge is 0.123 e. The first-order valence-corrected chi connectivity index (χ1v) is 4.07. The summed E-state index contributed by atoms with van der Waals surface area (Å²) in [5.41, 5.74) is 6.56. The Kier molecular flexibility index (Phi) is 3.43. The molecule has 0 radical (unpaired) electrons. The van der Waals surface area contributed by atoms with Crippen molar-refractivity contribution in [3.8, 4) is 5.75 Å². The molecule has 3 N–H and O–H groups in total. The van der Waals surface area contributed by atoms with Crippen molar-refractivity contribution in [2.24, 2.45) is 5.73 Å². The number of aromatic hydroxyl groups is 1. The van der Waals surface area contributed by atoms with Gasteiger partial charge in [-0.15, -0.1) is 17.0 Å². The second-order valence-corrected chi connectivity index (χ2v) is 2.87. The van der Waals surface area contributed by atoms with Gasteiger partial charge in [-0.1, -0.05) is 6.07 Å². The van der Waals surface area contributed by atoms with Gasteiger partial charge in [-0.25, -0.2) is 0 Å². The zero-order chi connectivity index (χ0) is 9.26. The fraction of sp³-hybridized carbons (Fsp3) is 0.100. The molecule has 74 valence electrons. The Hall–Kier alpha value is -1.13. The SMILES string of the molecule is Br.NCc1ccc(O)c2ccncc12. The standard InChI is InChI=1S/C10H10N2O.BrH/c11-5-7-1-2-10(13)8-3-4-12-6-9(7)8;/h1-4,6,13H,5,11H2;1H. The van der Waals surface area contributed by atoms with E-state index in [0.717, 1.165) is 16.3 Å². The van der Waals surface area contributed by atoms with Crippen LogP contribution < -0.4 is 5.73 Å². The molecule has 0 fully saturated rings. The number of nitrogens with two attached hydrogens (primary N) is 1. The van der Waals surface area contributed by atoms with Gasteiger partial charge >= 0.3 is 0 Å². The normalized spacial score (nSPS) is 9.79. The Morgan fingerprint density at radius 1 is 1.21 bits per heavy atom. The number of phenolic OH excluding ortho intramolecular Hbond substituents is 1. The van der Waals surface area contributed by atoms with Gasteiger partial charge in [0.1, 0.15) is 5.75 Å². The van der Waals surface area contributed by atoms with E-state index in [1.807, 2.05) is 6.07 Å². The minimum Gasteiger partial charge on any atom is -0.507 e. The van der Waals surface area contributed by atoms with Crippen LogP contribution in [0.1, 0.15) is 5.56 Å². The molecule has 0 saturated heterocycles. The van der Waals surface area contributed by atoms with Crippen molar-refractivity contribution in [1.29, 1.82) is 0 Å². The number of hydrogen-bond acceptors (Lipinski definition) is 3. The summed E-state index contributed by atoms with van der Waals surface area (Å²) in [5.74, 6) is 0.273. The summed E-state index contributed by atoms with van der Waals surface area (Å²) in [6.45, 7) is 0.461. The topological polar surface area (TPSA) is 59.1 Å². The molecule has 0 amide bonds. The van der Waals surface area contributed by atoms with Crippen molar-refractivity contribution < 1.29 is 5.11 Å². The first-order valence-electron chi connectivity index (χ1n) is 4.07. The van der Waals surface area contributed by atoms with Gasteiger partial charge in [0.05, 0.1) is 0 Å². The lowest BCUT2D eigenvalue weighted by Gasteiger charge is -2.04. The lowest BCUT2D eigenvalue weighted by molar-refractivity contribution is 0.481. The van der Waals surface area contributed by atoms with Crippen LogP contribution in [0.4, 0.5) is 0 Å². The minimum absolute atomic E-state index is 0. The third kappa shape index (κ3) is 1.71. The highest BCUT2D eigenvalue weighted by Crippen LogP contribution is 2.26. The van der Waals surface area contributed by atoms with Gasteiger partial charge in [0.2, 0.25) is 0 Å². The number of benzene rings is 1. The third-order valence-electron chi connectivity index (χ3n) is 2.11. The van der Waals surface area contributed by atoms with Gasteiger partial charge in [0.15, 0.2) is 0 Å². The molecular formula is C10H11BrN2O. The van der Waals surface area contributed by atoms with Crippen molar-refractivity contribution in [3.05, 3.63) is 36.2 Å². The molecule has 0 unspecified atom stereocenters. The quantitative estimate of drug-likeness (QED) is 0.819. The van der Waals surface area contributed by atoms with Crippen LogP contribution in [0.5, 0.6) is 5.75 Å². The fourth-order valence-electron chi connectivity index (χ4n) is 1.41. The first kappa shape index (κ1) is 10.9. The Labute approximate surface area is 92.3 Å². The van der Waals surface area contributed by atoms with Gasteiger partial charge in [0, 0.05) is 29.7 Å². The average Bonchev–Trinajstić information content (AvgIpc) is 2.19. The summed E-state index contributed by atoms with van der Waals surface area (Å²) in [7, 11) is 0. The minimum atomic E-state index is 0. The molecule has 0 atom stereocenters. The Morgan fingerprint density at radius 2 is 2.00 bits per heavy atom. The molecule has 0 aliphatic rings. The molecule has 1 heterocycles. The van der Waals surface area contributed by atoms with Crippen molar-refractivity contribution in [3.63, 3.8) is 0 Å². The molecule has 3 nitrogen and oxygen atoms in total. The number of phenols is 1. The predicted molar refractivity (Wildman–Crippen MR) is 61.6 cm³/mol. The summed E-state index contributed by atoms with van der Waals surface area (Å²) in [5, 5.41) is 11.2. The highest BCUT2D eigenvalue weighted by atomic mass is 79.9. The molecule has 0 bridgehead atoms. The zero-order valence-corrected chi connectivity index (χ0v) is 9.19. The maximum Gasteiger partial charge on any atom is 0.123 e. The molecule has 2 rings (SSSR count). The van der Waals surface area contributed by atoms with Crippen LogP contribution in [0.3, 0.4) is 0 Å². The number of hydrogen-bond donors (Lipinski definition) is 2. The monoisotopic (exact) mass is 254 g/mol. The summed E-state index contributed by atoms with van der Waals surface area (Å²) < 4.78 is 0. The number of aromatic nitrogens is 1. The lowest BCUT2D eigenvalue weighted by atomic mass is 10.1. The van der Waals surface area contributed by atoms with E-state index in [2.05, 4.69) is 4.98 Å². The maximum absolute atomic E-state index is 9.52. The summed E-state index contributed by atoms with van der Waals surface area (Å²) in [6, 6.07) is 5.26. The van der Waals surface area contributed by atoms with Crippen LogP contribution in [0.25, 0.3) is 10.8 Å². The number of halogens is 1. The van der Waals surface area contributed by atoms with Gasteiger partial charge in [-0.2, -0.15) is 0 Å². The van der Waals surface area contributed by atoms with Gasteiger partial charge < -0.3 is 10.8 Å². The second-order valence-electron chi connectivity index (χ2n) is 2.87. The fourth-order valence-corrected chi connectivity index (χ4v) is 1.41. The Morgan fingerprint density at radius 3 is 2.71 bits per heavy atom. The Bertz CT molecular complexity index is 445. The highest BCUT2D eigenvalue weighted by molar-refractivity contribution is 8.93. The molecule has 14 heavy (non-hydrogen) atoms. The van der Waals surface area contributed by atoms with E-state index < -0.39 is 0 Å². The molecule has 0 spiro atoms. The van der Waals surface area contributed by atoms with E-state index in [4.69, 9.17) is 5.73 Å². The van der Waals surface area contributed by atoms with Gasteiger partial charge in [-0.3, -0.25) is 4.98 Å². The average molecular weight is 255 g/mol. The number of nitrogens with zero attached hydrogens (tertiary/aromatic N) is 1. The van der Waals surface area contributed by atoms with E-state index in [-0.39, 0.29) is 22.7 Å². The van der Waals surface area contributed by atoms with Crippen LogP contribution in [0, 0.1) is 0 Å². The van der Waals surface area contributed by atoms with Crippen LogP contribution in [-0.2, 0) is 6.54 Å². The van der Waals surface area contributed by atoms with Crippen molar-refractivity contribution in [2.45, 2.75) is 6.54 Å². The summed E-state index contributed by atoms with van der Waals surface area (Å²) >= 11 is 0. The number of fused-ring (bicyclic) bond motifs is 1. The largest absolute Gasteiger partial charge is 0.507 e. The van der Waals surface area contributed by atoms with E-state index >= 15 is 0 Å². The van der Waals surface area contributed by atoms with E-state index in [1.54, 1.807) is 24.5 Å². The van der Waals surface area contributed by atoms with Crippen LogP contribution in [0.15, 0.2) is 30.6 Å². The molecule has 0 saturated carbocycles. The van der Waals surface area contributed by atoms with Gasteiger partial charge in [-0.05, 0) is 17.7 Å². The second kappa shape index (κ2) is 4.39.